The molecule has 1 atom stereocenters. The Bertz CT molecular complexity index is 281. The SMILES string of the molecule is CCCNC(C)CS(=O)(=O)CC1CCCC1. The lowest BCUT2D eigenvalue weighted by Gasteiger charge is -2.15. The van der Waals surface area contributed by atoms with Crippen molar-refractivity contribution in [3.63, 3.8) is 0 Å². The molecule has 0 aromatic carbocycles. The molecule has 0 amide bonds. The van der Waals surface area contributed by atoms with Crippen LogP contribution in [0.3, 0.4) is 0 Å². The largest absolute Gasteiger partial charge is 0.313 e. The first-order valence-electron chi connectivity index (χ1n) is 6.47. The Labute approximate surface area is 99.9 Å². The predicted octanol–water partition coefficient (Wildman–Crippen LogP) is 1.98. The van der Waals surface area contributed by atoms with Gasteiger partial charge in [0.25, 0.3) is 0 Å². The fourth-order valence-electron chi connectivity index (χ4n) is 2.43. The van der Waals surface area contributed by atoms with Crippen LogP contribution in [0.5, 0.6) is 0 Å². The molecule has 0 bridgehead atoms. The summed E-state index contributed by atoms with van der Waals surface area (Å²) in [5, 5.41) is 3.23. The molecule has 4 heteroatoms. The molecule has 0 aromatic rings. The van der Waals surface area contributed by atoms with E-state index in [9.17, 15) is 8.42 Å². The molecule has 1 N–H and O–H groups in total. The van der Waals surface area contributed by atoms with Gasteiger partial charge in [-0.2, -0.15) is 0 Å². The second kappa shape index (κ2) is 6.60. The van der Waals surface area contributed by atoms with Crippen molar-refractivity contribution in [3.8, 4) is 0 Å². The van der Waals surface area contributed by atoms with Crippen molar-refractivity contribution in [1.29, 1.82) is 0 Å². The zero-order chi connectivity index (χ0) is 12.0. The van der Waals surface area contributed by atoms with Crippen LogP contribution in [-0.4, -0.2) is 32.5 Å². The monoisotopic (exact) mass is 247 g/mol. The van der Waals surface area contributed by atoms with E-state index in [0.29, 0.717) is 17.4 Å². The van der Waals surface area contributed by atoms with Crippen molar-refractivity contribution in [2.75, 3.05) is 18.1 Å². The highest BCUT2D eigenvalue weighted by Gasteiger charge is 2.23. The van der Waals surface area contributed by atoms with Gasteiger partial charge in [-0.1, -0.05) is 19.8 Å². The van der Waals surface area contributed by atoms with Crippen LogP contribution in [0.4, 0.5) is 0 Å². The van der Waals surface area contributed by atoms with E-state index < -0.39 is 9.84 Å². The first-order chi connectivity index (χ1) is 7.53. The molecule has 3 nitrogen and oxygen atoms in total. The highest BCUT2D eigenvalue weighted by molar-refractivity contribution is 7.91. The first kappa shape index (κ1) is 14.0. The van der Waals surface area contributed by atoms with E-state index in [1.165, 1.54) is 12.8 Å². The molecule has 16 heavy (non-hydrogen) atoms. The molecular weight excluding hydrogens is 222 g/mol. The zero-order valence-electron chi connectivity index (χ0n) is 10.5. The lowest BCUT2D eigenvalue weighted by atomic mass is 10.1. The Hall–Kier alpha value is -0.0900. The van der Waals surface area contributed by atoms with Crippen molar-refractivity contribution in [1.82, 2.24) is 5.32 Å². The van der Waals surface area contributed by atoms with Crippen LogP contribution in [0.2, 0.25) is 0 Å². The van der Waals surface area contributed by atoms with Gasteiger partial charge in [0, 0.05) is 6.04 Å². The van der Waals surface area contributed by atoms with Crippen LogP contribution < -0.4 is 5.32 Å². The third-order valence-electron chi connectivity index (χ3n) is 3.21. The van der Waals surface area contributed by atoms with Crippen LogP contribution in [-0.2, 0) is 9.84 Å². The Balaban J connectivity index is 2.32. The fourth-order valence-corrected chi connectivity index (χ4v) is 4.50. The quantitative estimate of drug-likeness (QED) is 0.748. The Morgan fingerprint density at radius 1 is 1.31 bits per heavy atom. The average Bonchev–Trinajstić information content (AvgIpc) is 2.65. The highest BCUT2D eigenvalue weighted by atomic mass is 32.2. The third kappa shape index (κ3) is 5.30. The van der Waals surface area contributed by atoms with Gasteiger partial charge in [-0.3, -0.25) is 0 Å². The minimum absolute atomic E-state index is 0.0892. The van der Waals surface area contributed by atoms with E-state index >= 15 is 0 Å². The van der Waals surface area contributed by atoms with Gasteiger partial charge in [0.15, 0.2) is 9.84 Å². The molecule has 0 heterocycles. The molecule has 1 rings (SSSR count). The van der Waals surface area contributed by atoms with Crippen molar-refractivity contribution in [2.24, 2.45) is 5.92 Å². The molecular formula is C12H25NO2S. The summed E-state index contributed by atoms with van der Waals surface area (Å²) in [5.74, 6) is 1.14. The van der Waals surface area contributed by atoms with Gasteiger partial charge >= 0.3 is 0 Å². The zero-order valence-corrected chi connectivity index (χ0v) is 11.4. The molecule has 1 fully saturated rings. The summed E-state index contributed by atoms with van der Waals surface area (Å²) in [7, 11) is -2.86. The van der Waals surface area contributed by atoms with Crippen LogP contribution in [0, 0.1) is 5.92 Å². The van der Waals surface area contributed by atoms with Gasteiger partial charge in [-0.05, 0) is 38.6 Å². The number of sulfone groups is 1. The molecule has 1 aliphatic carbocycles. The average molecular weight is 247 g/mol. The van der Waals surface area contributed by atoms with Gasteiger partial charge in [0.2, 0.25) is 0 Å². The summed E-state index contributed by atoms with van der Waals surface area (Å²) in [6.07, 6.45) is 5.69. The minimum Gasteiger partial charge on any atom is -0.313 e. The minimum atomic E-state index is -2.86. The normalized spacial score (nSPS) is 20.1. The van der Waals surface area contributed by atoms with Gasteiger partial charge in [-0.25, -0.2) is 8.42 Å². The Kier molecular flexibility index (Phi) is 5.76. The summed E-state index contributed by atoms with van der Waals surface area (Å²) in [6.45, 7) is 4.95. The van der Waals surface area contributed by atoms with Crippen molar-refractivity contribution in [3.05, 3.63) is 0 Å². The fraction of sp³-hybridized carbons (Fsp3) is 1.00. The van der Waals surface area contributed by atoms with E-state index in [0.717, 1.165) is 25.8 Å². The summed E-state index contributed by atoms with van der Waals surface area (Å²) >= 11 is 0. The topological polar surface area (TPSA) is 46.2 Å². The summed E-state index contributed by atoms with van der Waals surface area (Å²) in [5.41, 5.74) is 0. The van der Waals surface area contributed by atoms with Crippen LogP contribution >= 0.6 is 0 Å². The molecule has 1 aliphatic rings. The van der Waals surface area contributed by atoms with Crippen LogP contribution in [0.1, 0.15) is 46.0 Å². The van der Waals surface area contributed by atoms with Gasteiger partial charge in [-0.15, -0.1) is 0 Å². The first-order valence-corrected chi connectivity index (χ1v) is 8.29. The lowest BCUT2D eigenvalue weighted by Crippen LogP contribution is -2.35. The molecule has 1 saturated carbocycles. The molecule has 0 saturated heterocycles. The predicted molar refractivity (Wildman–Crippen MR) is 68.4 cm³/mol. The van der Waals surface area contributed by atoms with Crippen LogP contribution in [0.15, 0.2) is 0 Å². The summed E-state index contributed by atoms with van der Waals surface area (Å²) in [4.78, 5) is 0. The van der Waals surface area contributed by atoms with Crippen molar-refractivity contribution in [2.45, 2.75) is 52.0 Å². The van der Waals surface area contributed by atoms with Crippen LogP contribution in [0.25, 0.3) is 0 Å². The number of nitrogens with one attached hydrogen (secondary N) is 1. The molecule has 96 valence electrons. The standard InChI is InChI=1S/C12H25NO2S/c1-3-8-13-11(2)9-16(14,15)10-12-6-4-5-7-12/h11-13H,3-10H2,1-2H3. The molecule has 0 aliphatic heterocycles. The Morgan fingerprint density at radius 3 is 2.50 bits per heavy atom. The molecule has 1 unspecified atom stereocenters. The Morgan fingerprint density at radius 2 is 1.94 bits per heavy atom. The van der Waals surface area contributed by atoms with Gasteiger partial charge in [0.1, 0.15) is 0 Å². The van der Waals surface area contributed by atoms with E-state index in [4.69, 9.17) is 0 Å². The summed E-state index contributed by atoms with van der Waals surface area (Å²) in [6, 6.07) is 0.0892. The lowest BCUT2D eigenvalue weighted by molar-refractivity contribution is 0.536. The van der Waals surface area contributed by atoms with Gasteiger partial charge in [0.05, 0.1) is 11.5 Å². The van der Waals surface area contributed by atoms with E-state index in [2.05, 4.69) is 12.2 Å². The maximum atomic E-state index is 11.9. The number of hydrogen-bond donors (Lipinski definition) is 1. The molecule has 0 radical (unpaired) electrons. The van der Waals surface area contributed by atoms with E-state index in [-0.39, 0.29) is 6.04 Å². The smallest absolute Gasteiger partial charge is 0.152 e. The molecule has 0 spiro atoms. The number of rotatable bonds is 7. The highest BCUT2D eigenvalue weighted by Crippen LogP contribution is 2.26. The van der Waals surface area contributed by atoms with Crippen molar-refractivity contribution < 1.29 is 8.42 Å². The maximum absolute atomic E-state index is 11.9. The van der Waals surface area contributed by atoms with E-state index in [1.54, 1.807) is 0 Å². The summed E-state index contributed by atoms with van der Waals surface area (Å²) < 4.78 is 23.8. The third-order valence-corrected chi connectivity index (χ3v) is 5.20. The second-order valence-electron chi connectivity index (χ2n) is 5.08. The number of hydrogen-bond acceptors (Lipinski definition) is 3. The molecule has 0 aromatic heterocycles. The second-order valence-corrected chi connectivity index (χ2v) is 7.24. The van der Waals surface area contributed by atoms with Gasteiger partial charge < -0.3 is 5.32 Å². The van der Waals surface area contributed by atoms with E-state index in [1.807, 2.05) is 6.92 Å². The maximum Gasteiger partial charge on any atom is 0.152 e. The van der Waals surface area contributed by atoms with Crippen molar-refractivity contribution >= 4 is 9.84 Å².